The molecule has 4 aliphatic rings. The summed E-state index contributed by atoms with van der Waals surface area (Å²) >= 11 is 0. The minimum Gasteiger partial charge on any atom is -0.384 e. The zero-order valence-corrected chi connectivity index (χ0v) is 38.1. The molecule has 0 saturated carbocycles. The van der Waals surface area contributed by atoms with Crippen LogP contribution in [0.2, 0.25) is 0 Å². The highest BCUT2D eigenvalue weighted by Gasteiger charge is 2.39. The van der Waals surface area contributed by atoms with Crippen molar-refractivity contribution in [3.8, 4) is 5.82 Å². The minimum atomic E-state index is -1.92. The van der Waals surface area contributed by atoms with Crippen molar-refractivity contribution in [3.05, 3.63) is 112 Å². The number of hydrogen-bond donors (Lipinski definition) is 5. The molecule has 19 heteroatoms. The van der Waals surface area contributed by atoms with Crippen molar-refractivity contribution >= 4 is 67.6 Å². The zero-order chi connectivity index (χ0) is 47.4. The van der Waals surface area contributed by atoms with Crippen LogP contribution in [0.25, 0.3) is 38.6 Å². The van der Waals surface area contributed by atoms with E-state index in [1.54, 1.807) is 6.07 Å². The predicted molar refractivity (Wildman–Crippen MR) is 257 cm³/mol. The highest BCUT2D eigenvalue weighted by molar-refractivity contribution is 6.14. The summed E-state index contributed by atoms with van der Waals surface area (Å²) in [5.74, 6) is -0.614. The number of piperidine rings is 2. The van der Waals surface area contributed by atoms with Crippen LogP contribution in [0.1, 0.15) is 68.3 Å². The molecule has 7 aromatic rings. The zero-order valence-electron chi connectivity index (χ0n) is 38.1. The summed E-state index contributed by atoms with van der Waals surface area (Å²) in [6.45, 7) is 6.92. The van der Waals surface area contributed by atoms with Crippen LogP contribution >= 0.6 is 0 Å². The number of nitrogens with zero attached hydrogens (tertiary/aromatic N) is 8. The van der Waals surface area contributed by atoms with Gasteiger partial charge >= 0.3 is 0 Å². The largest absolute Gasteiger partial charge is 0.384 e. The summed E-state index contributed by atoms with van der Waals surface area (Å²) in [5, 5.41) is 31.6. The van der Waals surface area contributed by atoms with E-state index >= 15 is 0 Å². The van der Waals surface area contributed by atoms with Crippen molar-refractivity contribution < 1.29 is 28.0 Å². The van der Waals surface area contributed by atoms with Gasteiger partial charge in [-0.05, 0) is 79.8 Å². The number of nitrogens with one attached hydrogen (secondary N) is 4. The molecular weight excluding hydrogens is 887 g/mol. The maximum Gasteiger partial charge on any atom is 0.278 e. The number of halogens is 2. The van der Waals surface area contributed by atoms with Gasteiger partial charge in [-0.2, -0.15) is 13.8 Å². The third-order valence-corrected chi connectivity index (χ3v) is 14.4. The fourth-order valence-corrected chi connectivity index (χ4v) is 10.5. The van der Waals surface area contributed by atoms with Gasteiger partial charge in [0.25, 0.3) is 11.6 Å². The molecule has 69 heavy (non-hydrogen) atoms. The fourth-order valence-electron chi connectivity index (χ4n) is 10.5. The van der Waals surface area contributed by atoms with Crippen LogP contribution in [-0.4, -0.2) is 103 Å². The summed E-state index contributed by atoms with van der Waals surface area (Å²) < 4.78 is 35.0. The molecule has 0 radical (unpaired) electrons. The van der Waals surface area contributed by atoms with Gasteiger partial charge in [0.1, 0.15) is 16.7 Å². The number of anilines is 4. The molecule has 7 heterocycles. The van der Waals surface area contributed by atoms with Gasteiger partial charge in [-0.3, -0.25) is 24.6 Å². The molecule has 2 atom stereocenters. The van der Waals surface area contributed by atoms with Crippen LogP contribution in [0.5, 0.6) is 0 Å². The lowest BCUT2D eigenvalue weighted by molar-refractivity contribution is -0.134. The number of pyridine rings is 1. The van der Waals surface area contributed by atoms with Gasteiger partial charge in [-0.25, -0.2) is 19.3 Å². The number of aromatic nitrogens is 6. The Kier molecular flexibility index (Phi) is 11.6. The van der Waals surface area contributed by atoms with Gasteiger partial charge in [0.2, 0.25) is 17.8 Å². The Labute approximate surface area is 394 Å². The van der Waals surface area contributed by atoms with Gasteiger partial charge in [-0.1, -0.05) is 42.4 Å². The van der Waals surface area contributed by atoms with Gasteiger partial charge in [-0.15, -0.1) is 0 Å². The lowest BCUT2D eigenvalue weighted by Gasteiger charge is -2.49. The van der Waals surface area contributed by atoms with Crippen LogP contribution in [-0.2, 0) is 28.2 Å². The minimum absolute atomic E-state index is 0.143. The number of amides is 2. The molecule has 3 aromatic carbocycles. The van der Waals surface area contributed by atoms with Crippen molar-refractivity contribution in [2.24, 2.45) is 0 Å². The molecule has 3 aliphatic heterocycles. The number of aryl methyl sites for hydroxylation is 1. The van der Waals surface area contributed by atoms with Crippen molar-refractivity contribution in [1.29, 1.82) is 0 Å². The molecule has 356 valence electrons. The Balaban J connectivity index is 0.671. The van der Waals surface area contributed by atoms with E-state index in [1.165, 1.54) is 10.9 Å². The monoisotopic (exact) mass is 938 g/mol. The van der Waals surface area contributed by atoms with Crippen LogP contribution in [0, 0.1) is 0 Å². The van der Waals surface area contributed by atoms with Crippen LogP contribution in [0.4, 0.5) is 31.8 Å². The smallest absolute Gasteiger partial charge is 0.278 e. The summed E-state index contributed by atoms with van der Waals surface area (Å²) in [6.07, 6.45) is 4.61. The van der Waals surface area contributed by atoms with E-state index in [-0.39, 0.29) is 41.0 Å². The van der Waals surface area contributed by atoms with Crippen LogP contribution in [0.3, 0.4) is 0 Å². The summed E-state index contributed by atoms with van der Waals surface area (Å²) in [7, 11) is 0. The summed E-state index contributed by atoms with van der Waals surface area (Å²) in [5.41, 5.74) is 3.96. The number of carbonyl (C=O) groups is 2. The Morgan fingerprint density at radius 2 is 1.72 bits per heavy atom. The average Bonchev–Trinajstić information content (AvgIpc) is 4.01. The number of rotatable bonds is 14. The molecule has 1 unspecified atom stereocenters. The third-order valence-electron chi connectivity index (χ3n) is 14.4. The number of likely N-dealkylation sites (tertiary alicyclic amines) is 1. The first-order valence-electron chi connectivity index (χ1n) is 23.7. The van der Waals surface area contributed by atoms with Crippen molar-refractivity contribution in [1.82, 2.24) is 45.0 Å². The molecule has 2 amide bonds. The number of fused-ring (bicyclic) bond motifs is 5. The Morgan fingerprint density at radius 1 is 0.942 bits per heavy atom. The van der Waals surface area contributed by atoms with Crippen molar-refractivity contribution in [3.63, 3.8) is 0 Å². The maximum absolute atomic E-state index is 13.5. The van der Waals surface area contributed by atoms with E-state index in [2.05, 4.69) is 64.4 Å². The van der Waals surface area contributed by atoms with Crippen LogP contribution < -0.4 is 31.7 Å². The van der Waals surface area contributed by atoms with Gasteiger partial charge < -0.3 is 30.5 Å². The summed E-state index contributed by atoms with van der Waals surface area (Å²) in [6, 6.07) is 22.4. The van der Waals surface area contributed by atoms with E-state index in [0.717, 1.165) is 89.9 Å². The number of imide groups is 1. The molecular formula is C50H52F2N12O5. The first-order chi connectivity index (χ1) is 33.5. The Hall–Kier alpha value is -7.09. The van der Waals surface area contributed by atoms with Crippen LogP contribution in [0.15, 0.2) is 94.4 Å². The SMILES string of the molecule is CC[C@@]1(O)CCc2ccc(-n3c4nc(Nc5ccc(NCCNC6CCN(C7CN(c8cc9onc(C%10CCC(=O)NC%10=O)c9c9ccccc89)C7)CC6)cc5)ncc4c(=O)n3CC=C(F)F)nc21. The second kappa shape index (κ2) is 18.1. The molecule has 5 N–H and O–H groups in total. The third kappa shape index (κ3) is 8.37. The van der Waals surface area contributed by atoms with Crippen molar-refractivity contribution in [2.75, 3.05) is 54.8 Å². The first-order valence-corrected chi connectivity index (χ1v) is 23.7. The van der Waals surface area contributed by atoms with E-state index in [4.69, 9.17) is 9.51 Å². The normalized spacial score (nSPS) is 20.1. The molecule has 11 rings (SSSR count). The second-order valence-electron chi connectivity index (χ2n) is 18.5. The average molecular weight is 939 g/mol. The number of hydrogen-bond acceptors (Lipinski definition) is 14. The molecule has 0 spiro atoms. The maximum atomic E-state index is 13.5. The van der Waals surface area contributed by atoms with E-state index in [0.29, 0.717) is 66.5 Å². The lowest BCUT2D eigenvalue weighted by atomic mass is 9.90. The van der Waals surface area contributed by atoms with E-state index < -0.39 is 29.7 Å². The number of carbonyl (C=O) groups excluding carboxylic acids is 2. The molecule has 3 fully saturated rings. The highest BCUT2D eigenvalue weighted by Crippen LogP contribution is 2.42. The molecule has 0 bridgehead atoms. The standard InChI is InChI=1S/C50H52F2N12O5/c1-2-50(68)19-15-29-7-13-41(57-45(29)50)64-46-37(48(67)63(64)24-18-40(51)52)26-55-49(59-46)56-32-10-8-30(9-11-32)53-20-21-54-31-16-22-61(23-17-31)33-27-62(28-33)38-25-39-43(35-6-4-3-5-34(35)38)44(60-69-39)36-12-14-42(65)58-47(36)66/h3-11,13,18,25-26,31,33,36,53-54,68H,2,12,14-17,19-24,27-28H2,1H3,(H,55,56,59)(H,58,65,66)/t36?,50-/m1/s1. The predicted octanol–water partition coefficient (Wildman–Crippen LogP) is 6.21. The second-order valence-corrected chi connectivity index (χ2v) is 18.5. The Bertz CT molecular complexity index is 3210. The first kappa shape index (κ1) is 44.4. The molecule has 4 aromatic heterocycles. The molecule has 17 nitrogen and oxygen atoms in total. The topological polar surface area (TPSA) is 201 Å². The fraction of sp³-hybridized carbons (Fsp3) is 0.380. The van der Waals surface area contributed by atoms with E-state index in [1.807, 2.05) is 49.4 Å². The highest BCUT2D eigenvalue weighted by atomic mass is 19.3. The molecule has 1 aliphatic carbocycles. The van der Waals surface area contributed by atoms with E-state index in [9.17, 15) is 28.3 Å². The number of benzene rings is 3. The van der Waals surface area contributed by atoms with Gasteiger partial charge in [0.05, 0.1) is 23.5 Å². The van der Waals surface area contributed by atoms with Gasteiger partial charge in [0, 0.05) is 98.6 Å². The lowest BCUT2D eigenvalue weighted by Crippen LogP contribution is -2.61. The Morgan fingerprint density at radius 3 is 2.49 bits per heavy atom. The quantitative estimate of drug-likeness (QED) is 0.0609. The number of aliphatic hydroxyl groups is 1. The van der Waals surface area contributed by atoms with Gasteiger partial charge in [0.15, 0.2) is 17.0 Å². The van der Waals surface area contributed by atoms with Crippen molar-refractivity contribution in [2.45, 2.75) is 82.0 Å². The number of allylic oxidation sites excluding steroid dienone is 1. The molecule has 3 saturated heterocycles. The summed E-state index contributed by atoms with van der Waals surface area (Å²) in [4.78, 5) is 56.9.